The number of methoxy groups -OCH3 is 1. The Morgan fingerprint density at radius 2 is 2.16 bits per heavy atom. The number of anilines is 2. The van der Waals surface area contributed by atoms with Gasteiger partial charge in [0.05, 0.1) is 17.7 Å². The van der Waals surface area contributed by atoms with Gasteiger partial charge in [-0.1, -0.05) is 0 Å². The van der Waals surface area contributed by atoms with Gasteiger partial charge in [-0.3, -0.25) is 4.79 Å². The predicted molar refractivity (Wildman–Crippen MR) is 74.4 cm³/mol. The van der Waals surface area contributed by atoms with E-state index in [1.807, 2.05) is 6.92 Å². The quantitative estimate of drug-likeness (QED) is 0.908. The van der Waals surface area contributed by atoms with Crippen LogP contribution in [0.15, 0.2) is 24.3 Å². The van der Waals surface area contributed by atoms with Gasteiger partial charge in [-0.25, -0.2) is 4.39 Å². The summed E-state index contributed by atoms with van der Waals surface area (Å²) < 4.78 is 18.1. The third-order valence-corrected chi connectivity index (χ3v) is 3.66. The van der Waals surface area contributed by atoms with Crippen molar-refractivity contribution in [1.82, 2.24) is 0 Å². The molecule has 0 fully saturated rings. The van der Waals surface area contributed by atoms with Crippen LogP contribution in [0, 0.1) is 12.7 Å². The molecule has 3 N–H and O–H groups in total. The first kappa shape index (κ1) is 13.4. The number of carbonyl (C=O) groups is 1. The molecule has 19 heavy (non-hydrogen) atoms. The van der Waals surface area contributed by atoms with Gasteiger partial charge in [-0.15, -0.1) is 11.3 Å². The molecular weight excluding hydrogens is 267 g/mol. The van der Waals surface area contributed by atoms with Crippen molar-refractivity contribution in [3.8, 4) is 5.75 Å². The van der Waals surface area contributed by atoms with E-state index in [9.17, 15) is 9.18 Å². The number of ether oxygens (including phenoxy) is 1. The number of rotatable bonds is 3. The summed E-state index contributed by atoms with van der Waals surface area (Å²) in [5, 5.41) is 2.67. The van der Waals surface area contributed by atoms with Crippen molar-refractivity contribution in [2.24, 2.45) is 0 Å². The Hall–Kier alpha value is -2.08. The summed E-state index contributed by atoms with van der Waals surface area (Å²) in [6.45, 7) is 1.84. The highest BCUT2D eigenvalue weighted by molar-refractivity contribution is 7.14. The SMILES string of the molecule is COc1cc(F)ccc1NC(=O)c1cc(N)c(C)s1. The maximum atomic E-state index is 13.0. The number of thiophene rings is 1. The Morgan fingerprint density at radius 3 is 2.74 bits per heavy atom. The van der Waals surface area contributed by atoms with Crippen LogP contribution >= 0.6 is 11.3 Å². The first-order valence-corrected chi connectivity index (χ1v) is 6.33. The fourth-order valence-corrected chi connectivity index (χ4v) is 2.40. The Kier molecular flexibility index (Phi) is 3.71. The van der Waals surface area contributed by atoms with Gasteiger partial charge in [0.2, 0.25) is 0 Å². The van der Waals surface area contributed by atoms with E-state index in [2.05, 4.69) is 5.32 Å². The molecule has 4 nitrogen and oxygen atoms in total. The van der Waals surface area contributed by atoms with Crippen LogP contribution in [-0.2, 0) is 0 Å². The number of aryl methyl sites for hydroxylation is 1. The standard InChI is InChI=1S/C13H13FN2O2S/c1-7-9(15)6-12(19-7)13(17)16-10-4-3-8(14)5-11(10)18-2/h3-6H,15H2,1-2H3,(H,16,17). The zero-order chi connectivity index (χ0) is 14.0. The van der Waals surface area contributed by atoms with Crippen LogP contribution in [0.4, 0.5) is 15.8 Å². The van der Waals surface area contributed by atoms with E-state index < -0.39 is 5.82 Å². The van der Waals surface area contributed by atoms with Crippen molar-refractivity contribution >= 4 is 28.6 Å². The number of nitrogen functional groups attached to an aromatic ring is 1. The number of amides is 1. The number of hydrogen-bond acceptors (Lipinski definition) is 4. The maximum absolute atomic E-state index is 13.0. The molecule has 0 aliphatic heterocycles. The van der Waals surface area contributed by atoms with Gasteiger partial charge in [0.15, 0.2) is 0 Å². The molecular formula is C13H13FN2O2S. The molecule has 0 aliphatic rings. The van der Waals surface area contributed by atoms with Crippen LogP contribution in [-0.4, -0.2) is 13.0 Å². The summed E-state index contributed by atoms with van der Waals surface area (Å²) in [5.41, 5.74) is 6.70. The van der Waals surface area contributed by atoms with Crippen molar-refractivity contribution in [2.75, 3.05) is 18.2 Å². The predicted octanol–water partition coefficient (Wildman–Crippen LogP) is 3.04. The number of nitrogens with two attached hydrogens (primary N) is 1. The fourth-order valence-electron chi connectivity index (χ4n) is 1.56. The van der Waals surface area contributed by atoms with Crippen molar-refractivity contribution in [3.63, 3.8) is 0 Å². The molecule has 6 heteroatoms. The van der Waals surface area contributed by atoms with E-state index in [1.54, 1.807) is 6.07 Å². The molecule has 0 aliphatic carbocycles. The highest BCUT2D eigenvalue weighted by atomic mass is 32.1. The maximum Gasteiger partial charge on any atom is 0.265 e. The molecule has 0 bridgehead atoms. The number of halogens is 1. The third-order valence-electron chi connectivity index (χ3n) is 2.59. The lowest BCUT2D eigenvalue weighted by atomic mass is 10.2. The Labute approximate surface area is 114 Å². The van der Waals surface area contributed by atoms with Gasteiger partial charge in [0.25, 0.3) is 5.91 Å². The minimum absolute atomic E-state index is 0.273. The monoisotopic (exact) mass is 280 g/mol. The molecule has 1 heterocycles. The Balaban J connectivity index is 2.23. The van der Waals surface area contributed by atoms with Gasteiger partial charge in [-0.2, -0.15) is 0 Å². The van der Waals surface area contributed by atoms with Crippen molar-refractivity contribution in [2.45, 2.75) is 6.92 Å². The lowest BCUT2D eigenvalue weighted by molar-refractivity contribution is 0.103. The summed E-state index contributed by atoms with van der Waals surface area (Å²) in [4.78, 5) is 13.4. The van der Waals surface area contributed by atoms with Crippen molar-refractivity contribution in [1.29, 1.82) is 0 Å². The number of hydrogen-bond donors (Lipinski definition) is 2. The molecule has 0 saturated carbocycles. The highest BCUT2D eigenvalue weighted by Gasteiger charge is 2.13. The van der Waals surface area contributed by atoms with Crippen LogP contribution < -0.4 is 15.8 Å². The van der Waals surface area contributed by atoms with Crippen LogP contribution in [0.3, 0.4) is 0 Å². The van der Waals surface area contributed by atoms with E-state index in [1.165, 1.54) is 36.6 Å². The Morgan fingerprint density at radius 1 is 1.42 bits per heavy atom. The zero-order valence-electron chi connectivity index (χ0n) is 10.5. The molecule has 2 rings (SSSR count). The van der Waals surface area contributed by atoms with E-state index >= 15 is 0 Å². The molecule has 0 unspecified atom stereocenters. The average molecular weight is 280 g/mol. The molecule has 1 aromatic carbocycles. The lowest BCUT2D eigenvalue weighted by Gasteiger charge is -2.09. The number of carbonyl (C=O) groups excluding carboxylic acids is 1. The molecule has 0 spiro atoms. The molecule has 0 radical (unpaired) electrons. The minimum atomic E-state index is -0.425. The van der Waals surface area contributed by atoms with Gasteiger partial charge in [0.1, 0.15) is 11.6 Å². The van der Waals surface area contributed by atoms with E-state index in [0.717, 1.165) is 4.88 Å². The van der Waals surface area contributed by atoms with Gasteiger partial charge < -0.3 is 15.8 Å². The minimum Gasteiger partial charge on any atom is -0.494 e. The normalized spacial score (nSPS) is 10.3. The largest absolute Gasteiger partial charge is 0.494 e. The second-order valence-corrected chi connectivity index (χ2v) is 5.18. The summed E-state index contributed by atoms with van der Waals surface area (Å²) in [5.74, 6) is -0.449. The van der Waals surface area contributed by atoms with E-state index in [0.29, 0.717) is 16.3 Å². The highest BCUT2D eigenvalue weighted by Crippen LogP contribution is 2.28. The van der Waals surface area contributed by atoms with Crippen LogP contribution in [0.25, 0.3) is 0 Å². The second kappa shape index (κ2) is 5.27. The zero-order valence-corrected chi connectivity index (χ0v) is 11.3. The first-order chi connectivity index (χ1) is 9.01. The Bertz CT molecular complexity index is 606. The number of nitrogens with one attached hydrogen (secondary N) is 1. The molecule has 100 valence electrons. The molecule has 1 aromatic heterocycles. The van der Waals surface area contributed by atoms with Gasteiger partial charge >= 0.3 is 0 Å². The molecule has 0 atom stereocenters. The average Bonchev–Trinajstić information content (AvgIpc) is 2.72. The lowest BCUT2D eigenvalue weighted by Crippen LogP contribution is -2.11. The topological polar surface area (TPSA) is 64.3 Å². The molecule has 0 saturated heterocycles. The second-order valence-electron chi connectivity index (χ2n) is 3.92. The van der Waals surface area contributed by atoms with Gasteiger partial charge in [0, 0.05) is 16.6 Å². The van der Waals surface area contributed by atoms with E-state index in [4.69, 9.17) is 10.5 Å². The number of benzene rings is 1. The van der Waals surface area contributed by atoms with Crippen molar-refractivity contribution < 1.29 is 13.9 Å². The van der Waals surface area contributed by atoms with E-state index in [-0.39, 0.29) is 11.7 Å². The summed E-state index contributed by atoms with van der Waals surface area (Å²) in [6, 6.07) is 5.54. The van der Waals surface area contributed by atoms with Crippen molar-refractivity contribution in [3.05, 3.63) is 39.8 Å². The van der Waals surface area contributed by atoms with Crippen LogP contribution in [0.2, 0.25) is 0 Å². The summed E-state index contributed by atoms with van der Waals surface area (Å²) in [6.07, 6.45) is 0. The van der Waals surface area contributed by atoms with Crippen LogP contribution in [0.1, 0.15) is 14.5 Å². The fraction of sp³-hybridized carbons (Fsp3) is 0.154. The van der Waals surface area contributed by atoms with Crippen LogP contribution in [0.5, 0.6) is 5.75 Å². The third kappa shape index (κ3) is 2.85. The smallest absolute Gasteiger partial charge is 0.265 e. The first-order valence-electron chi connectivity index (χ1n) is 5.52. The summed E-state index contributed by atoms with van der Waals surface area (Å²) >= 11 is 1.31. The van der Waals surface area contributed by atoms with Gasteiger partial charge in [-0.05, 0) is 25.1 Å². The molecule has 2 aromatic rings. The molecule has 1 amide bonds. The summed E-state index contributed by atoms with van der Waals surface area (Å²) in [7, 11) is 1.41.